The van der Waals surface area contributed by atoms with E-state index < -0.39 is 4.92 Å². The molecule has 1 saturated carbocycles. The molecule has 0 spiro atoms. The summed E-state index contributed by atoms with van der Waals surface area (Å²) < 4.78 is 5.45. The van der Waals surface area contributed by atoms with Gasteiger partial charge in [0.1, 0.15) is 6.61 Å². The van der Waals surface area contributed by atoms with Crippen molar-refractivity contribution in [2.75, 3.05) is 6.61 Å². The number of ether oxygens (including phenoxy) is 1. The molecule has 0 N–H and O–H groups in total. The van der Waals surface area contributed by atoms with E-state index in [1.54, 1.807) is 19.1 Å². The van der Waals surface area contributed by atoms with E-state index in [-0.39, 0.29) is 29.7 Å². The molecule has 0 atom stereocenters. The summed E-state index contributed by atoms with van der Waals surface area (Å²) in [6.07, 6.45) is 5.19. The van der Waals surface area contributed by atoms with Crippen LogP contribution in [0.1, 0.15) is 37.7 Å². The largest absolute Gasteiger partial charge is 0.479 e. The summed E-state index contributed by atoms with van der Waals surface area (Å²) in [5.41, 5.74) is 0.595. The molecule has 0 aromatic heterocycles. The van der Waals surface area contributed by atoms with E-state index in [0.29, 0.717) is 5.56 Å². The van der Waals surface area contributed by atoms with Crippen LogP contribution in [0.25, 0.3) is 0 Å². The predicted octanol–water partition coefficient (Wildman–Crippen LogP) is 3.43. The minimum atomic E-state index is -0.479. The smallest absolute Gasteiger partial charge is 0.311 e. The van der Waals surface area contributed by atoms with Crippen molar-refractivity contribution in [1.29, 1.82) is 0 Å². The van der Waals surface area contributed by atoms with Gasteiger partial charge in [-0.2, -0.15) is 0 Å². The Morgan fingerprint density at radius 2 is 2.05 bits per heavy atom. The predicted molar refractivity (Wildman–Crippen MR) is 74.9 cm³/mol. The normalized spacial score (nSPS) is 15.8. The maximum absolute atomic E-state index is 12.1. The molecule has 5 nitrogen and oxygen atoms in total. The highest BCUT2D eigenvalue weighted by Crippen LogP contribution is 2.31. The number of hydrogen-bond donors (Lipinski definition) is 0. The molecule has 0 bridgehead atoms. The van der Waals surface area contributed by atoms with Crippen LogP contribution in [0.2, 0.25) is 0 Å². The number of carbonyl (C=O) groups is 1. The molecule has 0 saturated heterocycles. The minimum absolute atomic E-state index is 0.0576. The van der Waals surface area contributed by atoms with Crippen LogP contribution >= 0.6 is 0 Å². The van der Waals surface area contributed by atoms with Crippen molar-refractivity contribution in [1.82, 2.24) is 0 Å². The summed E-state index contributed by atoms with van der Waals surface area (Å²) in [6.45, 7) is 1.67. The van der Waals surface area contributed by atoms with Gasteiger partial charge in [-0.25, -0.2) is 0 Å². The Hall–Kier alpha value is -1.91. The lowest BCUT2D eigenvalue weighted by Gasteiger charge is -2.20. The molecular formula is C15H19NO4. The number of hydrogen-bond acceptors (Lipinski definition) is 4. The summed E-state index contributed by atoms with van der Waals surface area (Å²) in [5.74, 6) is 0.329. The van der Waals surface area contributed by atoms with Crippen LogP contribution < -0.4 is 4.74 Å². The molecule has 0 radical (unpaired) electrons. The van der Waals surface area contributed by atoms with E-state index in [2.05, 4.69) is 0 Å². The van der Waals surface area contributed by atoms with Crippen molar-refractivity contribution < 1.29 is 14.5 Å². The number of benzene rings is 1. The Bertz CT molecular complexity index is 507. The third-order valence-electron chi connectivity index (χ3n) is 3.81. The average molecular weight is 277 g/mol. The molecule has 0 amide bonds. The van der Waals surface area contributed by atoms with Gasteiger partial charge in [0.15, 0.2) is 11.5 Å². The van der Waals surface area contributed by atoms with Crippen LogP contribution in [0.3, 0.4) is 0 Å². The second-order valence-electron chi connectivity index (χ2n) is 5.27. The molecule has 20 heavy (non-hydrogen) atoms. The lowest BCUT2D eigenvalue weighted by atomic mass is 9.86. The Kier molecular flexibility index (Phi) is 4.71. The third kappa shape index (κ3) is 3.35. The van der Waals surface area contributed by atoms with Gasteiger partial charge in [0.2, 0.25) is 0 Å². The highest BCUT2D eigenvalue weighted by Gasteiger charge is 2.23. The Labute approximate surface area is 118 Å². The first kappa shape index (κ1) is 14.5. The zero-order chi connectivity index (χ0) is 14.5. The second-order valence-corrected chi connectivity index (χ2v) is 5.27. The maximum atomic E-state index is 12.1. The quantitative estimate of drug-likeness (QED) is 0.610. The van der Waals surface area contributed by atoms with E-state index in [0.717, 1.165) is 25.7 Å². The summed E-state index contributed by atoms with van der Waals surface area (Å²) in [7, 11) is 0. The third-order valence-corrected chi connectivity index (χ3v) is 3.81. The van der Waals surface area contributed by atoms with E-state index in [9.17, 15) is 14.9 Å². The molecule has 0 heterocycles. The van der Waals surface area contributed by atoms with E-state index >= 15 is 0 Å². The van der Waals surface area contributed by atoms with Crippen LogP contribution in [0, 0.1) is 23.0 Å². The molecular weight excluding hydrogens is 258 g/mol. The number of nitrogens with zero attached hydrogens (tertiary/aromatic N) is 1. The molecule has 108 valence electrons. The van der Waals surface area contributed by atoms with Gasteiger partial charge < -0.3 is 4.74 Å². The molecule has 0 aliphatic heterocycles. The van der Waals surface area contributed by atoms with Crippen LogP contribution in [0.15, 0.2) is 18.2 Å². The van der Waals surface area contributed by atoms with Crippen molar-refractivity contribution in [2.45, 2.75) is 39.0 Å². The zero-order valence-corrected chi connectivity index (χ0v) is 11.6. The van der Waals surface area contributed by atoms with Gasteiger partial charge in [0, 0.05) is 12.0 Å². The first-order chi connectivity index (χ1) is 9.59. The van der Waals surface area contributed by atoms with Crippen LogP contribution in [0.5, 0.6) is 5.75 Å². The molecule has 1 aromatic rings. The van der Waals surface area contributed by atoms with Gasteiger partial charge in [-0.1, -0.05) is 31.4 Å². The standard InChI is InChI=1S/C15H19NO4/c1-11-6-5-9-13(16(18)19)15(11)20-10-14(17)12-7-3-2-4-8-12/h5-6,9,12H,2-4,7-8,10H2,1H3. The number of carbonyl (C=O) groups excluding carboxylic acids is 1. The number of aryl methyl sites for hydroxylation is 1. The lowest BCUT2D eigenvalue weighted by molar-refractivity contribution is -0.385. The first-order valence-corrected chi connectivity index (χ1v) is 6.99. The Morgan fingerprint density at radius 1 is 1.35 bits per heavy atom. The maximum Gasteiger partial charge on any atom is 0.311 e. The summed E-state index contributed by atoms with van der Waals surface area (Å²) in [5, 5.41) is 11.0. The van der Waals surface area contributed by atoms with Gasteiger partial charge in [-0.3, -0.25) is 14.9 Å². The van der Waals surface area contributed by atoms with E-state index in [4.69, 9.17) is 4.74 Å². The van der Waals surface area contributed by atoms with Gasteiger partial charge in [-0.15, -0.1) is 0 Å². The molecule has 1 aliphatic rings. The lowest BCUT2D eigenvalue weighted by Crippen LogP contribution is -2.24. The average Bonchev–Trinajstić information content (AvgIpc) is 2.46. The zero-order valence-electron chi connectivity index (χ0n) is 11.6. The molecule has 1 aliphatic carbocycles. The fourth-order valence-electron chi connectivity index (χ4n) is 2.65. The van der Waals surface area contributed by atoms with Crippen LogP contribution in [-0.4, -0.2) is 17.3 Å². The molecule has 0 unspecified atom stereocenters. The van der Waals surface area contributed by atoms with Crippen molar-refractivity contribution in [3.63, 3.8) is 0 Å². The number of ketones is 1. The summed E-state index contributed by atoms with van der Waals surface area (Å²) in [6, 6.07) is 4.75. The highest BCUT2D eigenvalue weighted by atomic mass is 16.6. The van der Waals surface area contributed by atoms with Gasteiger partial charge in [0.05, 0.1) is 4.92 Å². The van der Waals surface area contributed by atoms with Crippen LogP contribution in [-0.2, 0) is 4.79 Å². The topological polar surface area (TPSA) is 69.4 Å². The first-order valence-electron chi connectivity index (χ1n) is 6.99. The van der Waals surface area contributed by atoms with Crippen LogP contribution in [0.4, 0.5) is 5.69 Å². The Morgan fingerprint density at radius 3 is 2.70 bits per heavy atom. The van der Waals surface area contributed by atoms with Crippen molar-refractivity contribution >= 4 is 11.5 Å². The minimum Gasteiger partial charge on any atom is -0.479 e. The molecule has 1 fully saturated rings. The fourth-order valence-corrected chi connectivity index (χ4v) is 2.65. The number of nitro groups is 1. The molecule has 1 aromatic carbocycles. The highest BCUT2D eigenvalue weighted by molar-refractivity contribution is 5.82. The number of rotatable bonds is 5. The van der Waals surface area contributed by atoms with Crippen molar-refractivity contribution in [3.8, 4) is 5.75 Å². The monoisotopic (exact) mass is 277 g/mol. The number of Topliss-reactive ketones (excluding diaryl/α,β-unsaturated/α-hetero) is 1. The Balaban J connectivity index is 2.03. The second kappa shape index (κ2) is 6.50. The van der Waals surface area contributed by atoms with Crippen molar-refractivity contribution in [3.05, 3.63) is 33.9 Å². The number of para-hydroxylation sites is 1. The molecule has 5 heteroatoms. The van der Waals surface area contributed by atoms with E-state index in [1.807, 2.05) is 0 Å². The SMILES string of the molecule is Cc1cccc([N+](=O)[O-])c1OCC(=O)C1CCCCC1. The van der Waals surface area contributed by atoms with Gasteiger partial charge >= 0.3 is 5.69 Å². The number of nitro benzene ring substituents is 1. The van der Waals surface area contributed by atoms with Gasteiger partial charge in [-0.05, 0) is 25.3 Å². The van der Waals surface area contributed by atoms with Gasteiger partial charge in [0.25, 0.3) is 0 Å². The fraction of sp³-hybridized carbons (Fsp3) is 0.533. The van der Waals surface area contributed by atoms with Crippen molar-refractivity contribution in [2.24, 2.45) is 5.92 Å². The summed E-state index contributed by atoms with van der Waals surface area (Å²) >= 11 is 0. The van der Waals surface area contributed by atoms with E-state index in [1.165, 1.54) is 12.5 Å². The summed E-state index contributed by atoms with van der Waals surface area (Å²) in [4.78, 5) is 22.6. The molecule has 2 rings (SSSR count).